The molecule has 7 heteroatoms. The lowest BCUT2D eigenvalue weighted by atomic mass is 10.1. The Morgan fingerprint density at radius 3 is 2.24 bits per heavy atom. The third kappa shape index (κ3) is 5.05. The molecule has 1 aromatic heterocycles. The number of benzene rings is 2. The van der Waals surface area contributed by atoms with Crippen molar-refractivity contribution in [1.29, 1.82) is 0 Å². The fraction of sp³-hybridized carbons (Fsp3) is 0.318. The van der Waals surface area contributed by atoms with Gasteiger partial charge in [0.2, 0.25) is 0 Å². The Morgan fingerprint density at radius 1 is 1.07 bits per heavy atom. The van der Waals surface area contributed by atoms with Gasteiger partial charge >= 0.3 is 5.97 Å². The average molecular weight is 411 g/mol. The molecule has 2 atom stereocenters. The molecule has 2 aromatic carbocycles. The number of rotatable bonds is 9. The maximum atomic E-state index is 12.0. The van der Waals surface area contributed by atoms with Crippen LogP contribution in [0.4, 0.5) is 0 Å². The standard InChI is InChI=1S/C22H26N4O2S/c1-4-18(25(2)3)20-23-24-22(26(20)15-16-11-7-5-8-12-16)29-19(21(27)28)17-13-9-6-10-14-17/h5-14,18-19H,4,15H2,1-3H3,(H,27,28)/t18-,19-/m1/s1. The van der Waals surface area contributed by atoms with Crippen LogP contribution in [0.5, 0.6) is 0 Å². The van der Waals surface area contributed by atoms with Gasteiger partial charge in [-0.05, 0) is 31.6 Å². The molecule has 0 amide bonds. The summed E-state index contributed by atoms with van der Waals surface area (Å²) >= 11 is 1.23. The highest BCUT2D eigenvalue weighted by molar-refractivity contribution is 8.00. The Hall–Kier alpha value is -2.64. The van der Waals surface area contributed by atoms with Gasteiger partial charge in [-0.1, -0.05) is 79.3 Å². The van der Waals surface area contributed by atoms with Crippen molar-refractivity contribution < 1.29 is 9.90 Å². The summed E-state index contributed by atoms with van der Waals surface area (Å²) in [7, 11) is 4.04. The quantitative estimate of drug-likeness (QED) is 0.532. The molecule has 3 aromatic rings. The minimum absolute atomic E-state index is 0.0977. The SMILES string of the molecule is CC[C@H](c1nnc(S[C@@H](C(=O)O)c2ccccc2)n1Cc1ccccc1)N(C)C. The summed E-state index contributed by atoms with van der Waals surface area (Å²) in [5.41, 5.74) is 1.86. The number of carbonyl (C=O) groups is 1. The molecule has 29 heavy (non-hydrogen) atoms. The van der Waals surface area contributed by atoms with Crippen LogP contribution in [0.15, 0.2) is 65.8 Å². The first kappa shape index (κ1) is 21.1. The number of hydrogen-bond acceptors (Lipinski definition) is 5. The number of aromatic nitrogens is 3. The molecule has 0 radical (unpaired) electrons. The van der Waals surface area contributed by atoms with E-state index in [4.69, 9.17) is 0 Å². The molecule has 0 aliphatic carbocycles. The highest BCUT2D eigenvalue weighted by Crippen LogP contribution is 2.36. The number of carboxylic acids is 1. The molecule has 0 spiro atoms. The molecular formula is C22H26N4O2S. The van der Waals surface area contributed by atoms with Crippen molar-refractivity contribution in [2.45, 2.75) is 36.3 Å². The lowest BCUT2D eigenvalue weighted by Gasteiger charge is -2.23. The monoisotopic (exact) mass is 410 g/mol. The van der Waals surface area contributed by atoms with Crippen molar-refractivity contribution in [1.82, 2.24) is 19.7 Å². The van der Waals surface area contributed by atoms with E-state index in [1.54, 1.807) is 0 Å². The zero-order valence-corrected chi connectivity index (χ0v) is 17.7. The van der Waals surface area contributed by atoms with E-state index >= 15 is 0 Å². The van der Waals surface area contributed by atoms with Gasteiger partial charge in [0, 0.05) is 0 Å². The molecule has 0 saturated carbocycles. The van der Waals surface area contributed by atoms with Gasteiger partial charge in [-0.3, -0.25) is 9.69 Å². The first-order valence-electron chi connectivity index (χ1n) is 9.59. The van der Waals surface area contributed by atoms with Crippen LogP contribution in [0.25, 0.3) is 0 Å². The minimum atomic E-state index is -0.892. The number of aliphatic carboxylic acids is 1. The molecule has 0 saturated heterocycles. The van der Waals surface area contributed by atoms with Gasteiger partial charge in [0.1, 0.15) is 5.25 Å². The van der Waals surface area contributed by atoms with Gasteiger partial charge in [0.25, 0.3) is 0 Å². The maximum absolute atomic E-state index is 12.0. The maximum Gasteiger partial charge on any atom is 0.321 e. The normalized spacial score (nSPS) is 13.4. The second-order valence-corrected chi connectivity index (χ2v) is 8.12. The molecule has 0 aliphatic rings. The fourth-order valence-corrected chi connectivity index (χ4v) is 4.30. The van der Waals surface area contributed by atoms with E-state index in [9.17, 15) is 9.90 Å². The summed E-state index contributed by atoms with van der Waals surface area (Å²) in [6.07, 6.45) is 0.881. The van der Waals surface area contributed by atoms with Gasteiger partial charge in [0.15, 0.2) is 11.0 Å². The van der Waals surface area contributed by atoms with Crippen molar-refractivity contribution in [3.8, 4) is 0 Å². The predicted molar refractivity (Wildman–Crippen MR) is 115 cm³/mol. The van der Waals surface area contributed by atoms with Gasteiger partial charge in [-0.2, -0.15) is 0 Å². The van der Waals surface area contributed by atoms with Gasteiger partial charge in [-0.15, -0.1) is 10.2 Å². The van der Waals surface area contributed by atoms with E-state index in [2.05, 4.69) is 34.2 Å². The molecule has 3 rings (SSSR count). The molecule has 0 bridgehead atoms. The van der Waals surface area contributed by atoms with Crippen LogP contribution in [0.2, 0.25) is 0 Å². The van der Waals surface area contributed by atoms with E-state index in [1.165, 1.54) is 11.8 Å². The minimum Gasteiger partial charge on any atom is -0.480 e. The zero-order valence-electron chi connectivity index (χ0n) is 16.9. The molecule has 1 heterocycles. The van der Waals surface area contributed by atoms with E-state index in [0.717, 1.165) is 23.4 Å². The van der Waals surface area contributed by atoms with Crippen molar-refractivity contribution in [3.05, 3.63) is 77.6 Å². The first-order valence-corrected chi connectivity index (χ1v) is 10.5. The fourth-order valence-electron chi connectivity index (χ4n) is 3.32. The Morgan fingerprint density at radius 2 is 1.69 bits per heavy atom. The lowest BCUT2D eigenvalue weighted by Crippen LogP contribution is -2.23. The van der Waals surface area contributed by atoms with E-state index in [-0.39, 0.29) is 6.04 Å². The molecule has 0 unspecified atom stereocenters. The largest absolute Gasteiger partial charge is 0.480 e. The van der Waals surface area contributed by atoms with Crippen LogP contribution >= 0.6 is 11.8 Å². The number of carboxylic acid groups (broad SMARTS) is 1. The topological polar surface area (TPSA) is 71.2 Å². The summed E-state index contributed by atoms with van der Waals surface area (Å²) in [5, 5.41) is 18.6. The van der Waals surface area contributed by atoms with Crippen molar-refractivity contribution in [2.75, 3.05) is 14.1 Å². The third-order valence-electron chi connectivity index (χ3n) is 4.79. The third-order valence-corrected chi connectivity index (χ3v) is 6.01. The first-order chi connectivity index (χ1) is 14.0. The highest BCUT2D eigenvalue weighted by atomic mass is 32.2. The van der Waals surface area contributed by atoms with Gasteiger partial charge < -0.3 is 9.67 Å². The van der Waals surface area contributed by atoms with Crippen LogP contribution in [0.1, 0.15) is 41.6 Å². The van der Waals surface area contributed by atoms with Crippen LogP contribution in [0, 0.1) is 0 Å². The molecule has 1 N–H and O–H groups in total. The Bertz CT molecular complexity index is 929. The average Bonchev–Trinajstić information content (AvgIpc) is 3.09. The van der Waals surface area contributed by atoms with Crippen molar-refractivity contribution >= 4 is 17.7 Å². The Balaban J connectivity index is 2.01. The lowest BCUT2D eigenvalue weighted by molar-refractivity contribution is -0.136. The summed E-state index contributed by atoms with van der Waals surface area (Å²) in [6.45, 7) is 2.71. The molecule has 152 valence electrons. The van der Waals surface area contributed by atoms with Crippen molar-refractivity contribution in [2.24, 2.45) is 0 Å². The molecular weight excluding hydrogens is 384 g/mol. The second kappa shape index (κ2) is 9.71. The number of nitrogens with zero attached hydrogens (tertiary/aromatic N) is 4. The predicted octanol–water partition coefficient (Wildman–Crippen LogP) is 4.26. The summed E-state index contributed by atoms with van der Waals surface area (Å²) in [6, 6.07) is 19.4. The number of thioether (sulfide) groups is 1. The van der Waals surface area contributed by atoms with Crippen LogP contribution in [0.3, 0.4) is 0 Å². The summed E-state index contributed by atoms with van der Waals surface area (Å²) in [4.78, 5) is 14.1. The van der Waals surface area contributed by atoms with E-state index < -0.39 is 11.2 Å². The van der Waals surface area contributed by atoms with E-state index in [0.29, 0.717) is 11.7 Å². The summed E-state index contributed by atoms with van der Waals surface area (Å²) < 4.78 is 2.05. The number of hydrogen-bond donors (Lipinski definition) is 1. The van der Waals surface area contributed by atoms with E-state index in [1.807, 2.05) is 67.2 Å². The zero-order chi connectivity index (χ0) is 20.8. The van der Waals surface area contributed by atoms with Crippen molar-refractivity contribution in [3.63, 3.8) is 0 Å². The molecule has 0 fully saturated rings. The molecule has 6 nitrogen and oxygen atoms in total. The van der Waals surface area contributed by atoms with Gasteiger partial charge in [-0.25, -0.2) is 0 Å². The smallest absolute Gasteiger partial charge is 0.321 e. The van der Waals surface area contributed by atoms with Crippen LogP contribution in [-0.2, 0) is 11.3 Å². The Labute approximate surface area is 175 Å². The molecule has 0 aliphatic heterocycles. The van der Waals surface area contributed by atoms with Crippen LogP contribution < -0.4 is 0 Å². The Kier molecular flexibility index (Phi) is 7.06. The highest BCUT2D eigenvalue weighted by Gasteiger charge is 2.27. The second-order valence-electron chi connectivity index (χ2n) is 7.05. The summed E-state index contributed by atoms with van der Waals surface area (Å²) in [5.74, 6) is -0.0438. The van der Waals surface area contributed by atoms with Gasteiger partial charge in [0.05, 0.1) is 12.6 Å². The van der Waals surface area contributed by atoms with Crippen LogP contribution in [-0.4, -0.2) is 44.8 Å².